The van der Waals surface area contributed by atoms with E-state index in [0.29, 0.717) is 12.1 Å². The van der Waals surface area contributed by atoms with Gasteiger partial charge in [-0.1, -0.05) is 16.8 Å². The average molecular weight is 589 g/mol. The lowest BCUT2D eigenvalue weighted by atomic mass is 9.97. The predicted molar refractivity (Wildman–Crippen MR) is 119 cm³/mol. The molecular formula is C22H16ClF8N5O3. The number of halogens is 9. The average Bonchev–Trinajstić information content (AvgIpc) is 3.29. The van der Waals surface area contributed by atoms with Crippen LogP contribution in [0.4, 0.5) is 45.6 Å². The maximum absolute atomic E-state index is 14.7. The summed E-state index contributed by atoms with van der Waals surface area (Å²) in [5.41, 5.74) is -8.38. The monoisotopic (exact) mass is 588 g/mol. The largest absolute Gasteiger partial charge is 0.420 e. The summed E-state index contributed by atoms with van der Waals surface area (Å²) < 4.78 is 140. The number of ether oxygens (including phenoxy) is 1. The Morgan fingerprint density at radius 1 is 1.23 bits per heavy atom. The highest BCUT2D eigenvalue weighted by Gasteiger charge is 2.42. The number of carbonyl (C=O) groups excluding carboxylic acids is 1. The fraction of sp³-hybridized carbons (Fsp3) is 0.318. The van der Waals surface area contributed by atoms with Crippen molar-refractivity contribution < 1.29 is 53.9 Å². The van der Waals surface area contributed by atoms with Crippen LogP contribution in [0.15, 0.2) is 30.5 Å². The van der Waals surface area contributed by atoms with Gasteiger partial charge in [0.25, 0.3) is 0 Å². The van der Waals surface area contributed by atoms with Gasteiger partial charge in [-0.15, -0.1) is 5.10 Å². The molecule has 17 heteroatoms. The van der Waals surface area contributed by atoms with Gasteiger partial charge in [0.2, 0.25) is 0 Å². The lowest BCUT2D eigenvalue weighted by Crippen LogP contribution is -2.61. The maximum Gasteiger partial charge on any atom is 0.420 e. The van der Waals surface area contributed by atoms with E-state index >= 15 is 0 Å². The van der Waals surface area contributed by atoms with Gasteiger partial charge >= 0.3 is 18.4 Å². The van der Waals surface area contributed by atoms with Crippen LogP contribution in [0.3, 0.4) is 0 Å². The Kier molecular flexibility index (Phi) is 6.24. The lowest BCUT2D eigenvalue weighted by molar-refractivity contribution is -0.143. The number of benzene rings is 2. The standard InChI is InChI=1S/C22H16ClF8N5O3/c1-35(15-3-2-13(24)16(23)17(15)25)19(37)39-18-11(4-10(21(26,27)28)5-12(18)22(29,30)31)14-6-36(34-33-14)9-20(38)7-32-8-20/h2-6,32,38H,7-9H2,1H3/i1D3. The van der Waals surface area contributed by atoms with Crippen LogP contribution >= 0.6 is 11.6 Å². The van der Waals surface area contributed by atoms with Gasteiger partial charge in [-0.3, -0.25) is 4.90 Å². The number of aromatic nitrogens is 3. The van der Waals surface area contributed by atoms with Gasteiger partial charge in [-0.25, -0.2) is 18.3 Å². The fourth-order valence-electron chi connectivity index (χ4n) is 3.55. The molecule has 0 saturated carbocycles. The van der Waals surface area contributed by atoms with E-state index in [9.17, 15) is 45.0 Å². The first kappa shape index (κ1) is 24.5. The Morgan fingerprint density at radius 2 is 1.92 bits per heavy atom. The van der Waals surface area contributed by atoms with Gasteiger partial charge in [0.1, 0.15) is 22.1 Å². The Bertz CT molecular complexity index is 1530. The molecule has 0 spiro atoms. The quantitative estimate of drug-likeness (QED) is 0.326. The molecule has 1 amide bonds. The highest BCUT2D eigenvalue weighted by atomic mass is 35.5. The number of alkyl halides is 6. The number of hydrogen-bond donors (Lipinski definition) is 2. The molecule has 0 unspecified atom stereocenters. The summed E-state index contributed by atoms with van der Waals surface area (Å²) >= 11 is 5.45. The van der Waals surface area contributed by atoms with Crippen molar-refractivity contribution in [1.82, 2.24) is 20.3 Å². The molecule has 39 heavy (non-hydrogen) atoms. The van der Waals surface area contributed by atoms with Crippen molar-refractivity contribution in [3.05, 3.63) is 58.2 Å². The van der Waals surface area contributed by atoms with Crippen LogP contribution in [0.1, 0.15) is 15.2 Å². The van der Waals surface area contributed by atoms with Crippen molar-refractivity contribution in [2.24, 2.45) is 0 Å². The smallest absolute Gasteiger partial charge is 0.409 e. The number of hydrogen-bond acceptors (Lipinski definition) is 6. The van der Waals surface area contributed by atoms with Crippen LogP contribution in [0.25, 0.3) is 11.3 Å². The van der Waals surface area contributed by atoms with E-state index < -0.39 is 86.4 Å². The van der Waals surface area contributed by atoms with E-state index in [0.717, 1.165) is 10.9 Å². The predicted octanol–water partition coefficient (Wildman–Crippen LogP) is 4.88. The molecule has 8 nitrogen and oxygen atoms in total. The van der Waals surface area contributed by atoms with Crippen molar-refractivity contribution in [3.63, 3.8) is 0 Å². The molecule has 210 valence electrons. The number of β-amino-alcohol motifs (C(OH)–C–C–N with tert-alkyl or cyclic N) is 1. The number of nitrogens with one attached hydrogen (secondary N) is 1. The third-order valence-corrected chi connectivity index (χ3v) is 5.87. The second kappa shape index (κ2) is 9.91. The van der Waals surface area contributed by atoms with E-state index in [1.54, 1.807) is 0 Å². The molecule has 1 aliphatic rings. The first-order valence-corrected chi connectivity index (χ1v) is 10.9. The third-order valence-electron chi connectivity index (χ3n) is 5.53. The topological polar surface area (TPSA) is 92.5 Å². The Labute approximate surface area is 222 Å². The van der Waals surface area contributed by atoms with E-state index in [1.807, 2.05) is 0 Å². The summed E-state index contributed by atoms with van der Waals surface area (Å²) in [5, 5.41) is 18.9. The zero-order valence-corrected chi connectivity index (χ0v) is 19.7. The normalized spacial score (nSPS) is 16.6. The van der Waals surface area contributed by atoms with Crippen LogP contribution in [0, 0.1) is 11.6 Å². The number of carbonyl (C=O) groups is 1. The van der Waals surface area contributed by atoms with E-state index in [4.69, 9.17) is 20.5 Å². The van der Waals surface area contributed by atoms with Gasteiger partial charge in [0, 0.05) is 29.7 Å². The third kappa shape index (κ3) is 5.77. The van der Waals surface area contributed by atoms with Gasteiger partial charge in [0.15, 0.2) is 11.6 Å². The fourth-order valence-corrected chi connectivity index (χ4v) is 3.71. The zero-order valence-electron chi connectivity index (χ0n) is 22.0. The maximum atomic E-state index is 14.7. The Hall–Kier alpha value is -3.50. The van der Waals surface area contributed by atoms with Crippen LogP contribution < -0.4 is 15.0 Å². The molecule has 2 heterocycles. The number of amides is 1. The molecule has 4 rings (SSSR count). The Balaban J connectivity index is 1.89. The van der Waals surface area contributed by atoms with Crippen LogP contribution in [0.2, 0.25) is 5.02 Å². The second-order valence-corrected chi connectivity index (χ2v) is 8.80. The molecule has 2 aromatic carbocycles. The summed E-state index contributed by atoms with van der Waals surface area (Å²) in [4.78, 5) is 12.6. The van der Waals surface area contributed by atoms with Crippen molar-refractivity contribution in [2.75, 3.05) is 25.0 Å². The summed E-state index contributed by atoms with van der Waals surface area (Å²) in [7, 11) is 0. The molecule has 3 aromatic rings. The molecular weight excluding hydrogens is 570 g/mol. The van der Waals surface area contributed by atoms with Gasteiger partial charge in [-0.05, 0) is 24.3 Å². The minimum Gasteiger partial charge on any atom is -0.409 e. The molecule has 0 radical (unpaired) electrons. The molecule has 1 aliphatic heterocycles. The van der Waals surface area contributed by atoms with Gasteiger partial charge in [-0.2, -0.15) is 26.3 Å². The second-order valence-electron chi connectivity index (χ2n) is 8.42. The number of rotatable bonds is 5. The van der Waals surface area contributed by atoms with E-state index in [-0.39, 0.29) is 31.8 Å². The molecule has 0 aliphatic carbocycles. The van der Waals surface area contributed by atoms with Crippen LogP contribution in [0.5, 0.6) is 5.75 Å². The van der Waals surface area contributed by atoms with E-state index in [1.165, 1.54) is 0 Å². The zero-order chi connectivity index (χ0) is 31.4. The molecule has 0 atom stereocenters. The summed E-state index contributed by atoms with van der Waals surface area (Å²) in [5.74, 6) is -4.79. The summed E-state index contributed by atoms with van der Waals surface area (Å²) in [6, 6.07) is 0.671. The molecule has 0 bridgehead atoms. The van der Waals surface area contributed by atoms with Gasteiger partial charge in [0.05, 0.1) is 29.6 Å². The first-order chi connectivity index (χ1) is 19.2. The Morgan fingerprint density at radius 3 is 2.49 bits per heavy atom. The molecule has 1 saturated heterocycles. The minimum absolute atomic E-state index is 0.0990. The van der Waals surface area contributed by atoms with Crippen LogP contribution in [-0.2, 0) is 18.9 Å². The van der Waals surface area contributed by atoms with Gasteiger partial charge < -0.3 is 15.2 Å². The lowest BCUT2D eigenvalue weighted by Gasteiger charge is -2.37. The highest BCUT2D eigenvalue weighted by Crippen LogP contribution is 2.46. The number of nitrogens with zero attached hydrogens (tertiary/aromatic N) is 4. The van der Waals surface area contributed by atoms with Crippen molar-refractivity contribution in [3.8, 4) is 17.0 Å². The number of aliphatic hydroxyl groups is 1. The SMILES string of the molecule is [2H]C([2H])([2H])N(C(=O)Oc1c(-c2cn(CC3(O)CNC3)nn2)cc(C(F)(F)F)cc1C(F)(F)F)c1ccc(F)c(Cl)c1F. The highest BCUT2D eigenvalue weighted by molar-refractivity contribution is 6.31. The number of anilines is 1. The van der Waals surface area contributed by atoms with Crippen LogP contribution in [-0.4, -0.2) is 51.9 Å². The summed E-state index contributed by atoms with van der Waals surface area (Å²) in [6.07, 6.45) is -12.3. The van der Waals surface area contributed by atoms with Crippen molar-refractivity contribution >= 4 is 23.4 Å². The van der Waals surface area contributed by atoms with Crippen molar-refractivity contribution in [2.45, 2.75) is 24.5 Å². The van der Waals surface area contributed by atoms with Crippen molar-refractivity contribution in [1.29, 1.82) is 0 Å². The minimum atomic E-state index is -5.62. The van der Waals surface area contributed by atoms with E-state index in [2.05, 4.69) is 15.6 Å². The molecule has 1 aromatic heterocycles. The summed E-state index contributed by atoms with van der Waals surface area (Å²) in [6.45, 7) is -3.76. The molecule has 2 N–H and O–H groups in total. The molecule has 1 fully saturated rings. The first-order valence-electron chi connectivity index (χ1n) is 12.0.